The standard InChI is InChI=1S/C16H21NO4/c1-11(18)9-13-5-4-8-17(13)16(19)12-6-7-14(20-2)15(10-12)21-3/h6-7,10,13H,4-5,8-9H2,1-3H3. The monoisotopic (exact) mass is 291 g/mol. The van der Waals surface area contributed by atoms with E-state index >= 15 is 0 Å². The summed E-state index contributed by atoms with van der Waals surface area (Å²) < 4.78 is 10.4. The Bertz CT molecular complexity index is 541. The summed E-state index contributed by atoms with van der Waals surface area (Å²) in [6, 6.07) is 5.15. The van der Waals surface area contributed by atoms with Crippen LogP contribution in [0.2, 0.25) is 0 Å². The first-order chi connectivity index (χ1) is 10.1. The van der Waals surface area contributed by atoms with Crippen LogP contribution in [0.25, 0.3) is 0 Å². The number of carbonyl (C=O) groups excluding carboxylic acids is 2. The Morgan fingerprint density at radius 3 is 2.57 bits per heavy atom. The Morgan fingerprint density at radius 1 is 1.24 bits per heavy atom. The van der Waals surface area contributed by atoms with E-state index in [9.17, 15) is 9.59 Å². The molecule has 0 aliphatic carbocycles. The SMILES string of the molecule is COc1ccc(C(=O)N2CCCC2CC(C)=O)cc1OC. The van der Waals surface area contributed by atoms with Crippen molar-refractivity contribution in [2.75, 3.05) is 20.8 Å². The van der Waals surface area contributed by atoms with E-state index in [-0.39, 0.29) is 17.7 Å². The summed E-state index contributed by atoms with van der Waals surface area (Å²) in [7, 11) is 3.10. The van der Waals surface area contributed by atoms with E-state index in [2.05, 4.69) is 0 Å². The molecule has 1 heterocycles. The highest BCUT2D eigenvalue weighted by Crippen LogP contribution is 2.29. The Balaban J connectivity index is 2.21. The highest BCUT2D eigenvalue weighted by Gasteiger charge is 2.30. The minimum Gasteiger partial charge on any atom is -0.493 e. The molecule has 1 amide bonds. The van der Waals surface area contributed by atoms with Crippen LogP contribution in [0.5, 0.6) is 11.5 Å². The Kier molecular flexibility index (Phi) is 4.83. The second-order valence-corrected chi connectivity index (χ2v) is 5.27. The predicted molar refractivity (Wildman–Crippen MR) is 78.9 cm³/mol. The van der Waals surface area contributed by atoms with Gasteiger partial charge in [-0.05, 0) is 38.0 Å². The maximum atomic E-state index is 12.6. The zero-order valence-corrected chi connectivity index (χ0v) is 12.7. The number of nitrogens with zero attached hydrogens (tertiary/aromatic N) is 1. The van der Waals surface area contributed by atoms with Gasteiger partial charge >= 0.3 is 0 Å². The molecule has 1 aliphatic rings. The molecule has 0 N–H and O–H groups in total. The number of rotatable bonds is 5. The van der Waals surface area contributed by atoms with Gasteiger partial charge in [-0.15, -0.1) is 0 Å². The number of hydrogen-bond acceptors (Lipinski definition) is 4. The second-order valence-electron chi connectivity index (χ2n) is 5.27. The minimum absolute atomic E-state index is 0.0168. The molecule has 1 fully saturated rings. The second kappa shape index (κ2) is 6.61. The van der Waals surface area contributed by atoms with Crippen molar-refractivity contribution < 1.29 is 19.1 Å². The molecule has 0 bridgehead atoms. The summed E-state index contributed by atoms with van der Waals surface area (Å²) in [5.74, 6) is 1.19. The Hall–Kier alpha value is -2.04. The van der Waals surface area contributed by atoms with E-state index in [4.69, 9.17) is 9.47 Å². The van der Waals surface area contributed by atoms with E-state index in [0.717, 1.165) is 12.8 Å². The number of carbonyl (C=O) groups is 2. The van der Waals surface area contributed by atoms with E-state index in [1.165, 1.54) is 0 Å². The van der Waals surface area contributed by atoms with Crippen LogP contribution in [-0.2, 0) is 4.79 Å². The zero-order chi connectivity index (χ0) is 15.4. The molecule has 1 aromatic carbocycles. The molecule has 5 nitrogen and oxygen atoms in total. The van der Waals surface area contributed by atoms with Crippen LogP contribution in [0.15, 0.2) is 18.2 Å². The molecule has 5 heteroatoms. The molecule has 1 unspecified atom stereocenters. The quantitative estimate of drug-likeness (QED) is 0.835. The van der Waals surface area contributed by atoms with Gasteiger partial charge in [-0.1, -0.05) is 0 Å². The Labute approximate surface area is 124 Å². The topological polar surface area (TPSA) is 55.8 Å². The van der Waals surface area contributed by atoms with Gasteiger partial charge in [0.25, 0.3) is 5.91 Å². The number of methoxy groups -OCH3 is 2. The highest BCUT2D eigenvalue weighted by molar-refractivity contribution is 5.95. The lowest BCUT2D eigenvalue weighted by Crippen LogP contribution is -2.36. The molecular formula is C16H21NO4. The summed E-state index contributed by atoms with van der Waals surface area (Å²) >= 11 is 0. The maximum Gasteiger partial charge on any atom is 0.254 e. The van der Waals surface area contributed by atoms with Gasteiger partial charge < -0.3 is 14.4 Å². The first kappa shape index (κ1) is 15.4. The number of ether oxygens (including phenoxy) is 2. The first-order valence-corrected chi connectivity index (χ1v) is 7.09. The molecule has 2 rings (SSSR count). The van der Waals surface area contributed by atoms with Crippen LogP contribution in [0.4, 0.5) is 0 Å². The number of hydrogen-bond donors (Lipinski definition) is 0. The number of amides is 1. The van der Waals surface area contributed by atoms with Crippen molar-refractivity contribution in [2.45, 2.75) is 32.2 Å². The van der Waals surface area contributed by atoms with Crippen LogP contribution < -0.4 is 9.47 Å². The molecule has 1 saturated heterocycles. The summed E-state index contributed by atoms with van der Waals surface area (Å²) in [6.45, 7) is 2.27. The highest BCUT2D eigenvalue weighted by atomic mass is 16.5. The average molecular weight is 291 g/mol. The van der Waals surface area contributed by atoms with Crippen molar-refractivity contribution in [3.63, 3.8) is 0 Å². The van der Waals surface area contributed by atoms with E-state index in [1.807, 2.05) is 0 Å². The summed E-state index contributed by atoms with van der Waals surface area (Å²) in [5.41, 5.74) is 0.558. The molecule has 0 saturated carbocycles. The molecule has 1 aromatic rings. The number of likely N-dealkylation sites (tertiary alicyclic amines) is 1. The lowest BCUT2D eigenvalue weighted by molar-refractivity contribution is -0.117. The first-order valence-electron chi connectivity index (χ1n) is 7.09. The van der Waals surface area contributed by atoms with Crippen LogP contribution in [0, 0.1) is 0 Å². The van der Waals surface area contributed by atoms with Gasteiger partial charge in [0.2, 0.25) is 0 Å². The van der Waals surface area contributed by atoms with Crippen molar-refractivity contribution in [3.8, 4) is 11.5 Å². The average Bonchev–Trinajstić information content (AvgIpc) is 2.92. The van der Waals surface area contributed by atoms with Gasteiger partial charge in [0, 0.05) is 24.6 Å². The van der Waals surface area contributed by atoms with Gasteiger partial charge in [0.05, 0.1) is 14.2 Å². The summed E-state index contributed by atoms with van der Waals surface area (Å²) in [6.07, 6.45) is 2.26. The summed E-state index contributed by atoms with van der Waals surface area (Å²) in [5, 5.41) is 0. The fourth-order valence-corrected chi connectivity index (χ4v) is 2.78. The lowest BCUT2D eigenvalue weighted by Gasteiger charge is -2.24. The van der Waals surface area contributed by atoms with Gasteiger partial charge in [-0.25, -0.2) is 0 Å². The Morgan fingerprint density at radius 2 is 1.95 bits per heavy atom. The van der Waals surface area contributed by atoms with Crippen LogP contribution in [0.3, 0.4) is 0 Å². The van der Waals surface area contributed by atoms with Gasteiger partial charge in [-0.2, -0.15) is 0 Å². The van der Waals surface area contributed by atoms with Crippen molar-refractivity contribution in [2.24, 2.45) is 0 Å². The third kappa shape index (κ3) is 3.35. The molecule has 1 atom stereocenters. The number of benzene rings is 1. The maximum absolute atomic E-state index is 12.6. The van der Waals surface area contributed by atoms with Crippen molar-refractivity contribution in [3.05, 3.63) is 23.8 Å². The van der Waals surface area contributed by atoms with Crippen molar-refractivity contribution in [1.29, 1.82) is 0 Å². The normalized spacial score (nSPS) is 17.7. The van der Waals surface area contributed by atoms with Gasteiger partial charge in [0.1, 0.15) is 5.78 Å². The van der Waals surface area contributed by atoms with Crippen LogP contribution in [-0.4, -0.2) is 43.4 Å². The minimum atomic E-state index is -0.0558. The molecule has 0 radical (unpaired) electrons. The predicted octanol–water partition coefficient (Wildman–Crippen LogP) is 2.29. The van der Waals surface area contributed by atoms with Crippen LogP contribution >= 0.6 is 0 Å². The zero-order valence-electron chi connectivity index (χ0n) is 12.7. The van der Waals surface area contributed by atoms with Crippen molar-refractivity contribution in [1.82, 2.24) is 4.90 Å². The largest absolute Gasteiger partial charge is 0.493 e. The molecule has 114 valence electrons. The summed E-state index contributed by atoms with van der Waals surface area (Å²) in [4.78, 5) is 25.7. The fraction of sp³-hybridized carbons (Fsp3) is 0.500. The molecule has 0 spiro atoms. The molecule has 0 aromatic heterocycles. The van der Waals surface area contributed by atoms with E-state index in [0.29, 0.717) is 30.0 Å². The van der Waals surface area contributed by atoms with Gasteiger partial charge in [0.15, 0.2) is 11.5 Å². The van der Waals surface area contributed by atoms with E-state index in [1.54, 1.807) is 44.2 Å². The number of ketones is 1. The number of Topliss-reactive ketones (excluding diaryl/α,β-unsaturated/α-hetero) is 1. The van der Waals surface area contributed by atoms with E-state index < -0.39 is 0 Å². The van der Waals surface area contributed by atoms with Gasteiger partial charge in [-0.3, -0.25) is 9.59 Å². The smallest absolute Gasteiger partial charge is 0.254 e. The molecular weight excluding hydrogens is 270 g/mol. The third-order valence-electron chi connectivity index (χ3n) is 3.79. The third-order valence-corrected chi connectivity index (χ3v) is 3.79. The molecule has 1 aliphatic heterocycles. The molecule has 21 heavy (non-hydrogen) atoms. The van der Waals surface area contributed by atoms with Crippen LogP contribution in [0.1, 0.15) is 36.5 Å². The lowest BCUT2D eigenvalue weighted by atomic mass is 10.1. The van der Waals surface area contributed by atoms with Crippen molar-refractivity contribution >= 4 is 11.7 Å². The fourth-order valence-electron chi connectivity index (χ4n) is 2.78.